The van der Waals surface area contributed by atoms with E-state index in [9.17, 15) is 4.79 Å². The predicted octanol–water partition coefficient (Wildman–Crippen LogP) is 3.82. The molecule has 3 nitrogen and oxygen atoms in total. The van der Waals surface area contributed by atoms with Crippen molar-refractivity contribution < 1.29 is 9.53 Å². The lowest BCUT2D eigenvalue weighted by molar-refractivity contribution is 0.103. The zero-order chi connectivity index (χ0) is 14.0. The molecular formula is C14H11Cl2NO2. The van der Waals surface area contributed by atoms with Gasteiger partial charge >= 0.3 is 0 Å². The molecule has 2 rings (SSSR count). The molecule has 2 aromatic carbocycles. The van der Waals surface area contributed by atoms with Crippen molar-refractivity contribution in [2.75, 3.05) is 12.8 Å². The number of ether oxygens (including phenoxy) is 1. The van der Waals surface area contributed by atoms with Gasteiger partial charge in [-0.3, -0.25) is 4.79 Å². The van der Waals surface area contributed by atoms with Crippen LogP contribution in [0.4, 0.5) is 5.69 Å². The zero-order valence-corrected chi connectivity index (χ0v) is 11.6. The molecule has 0 spiro atoms. The highest BCUT2D eigenvalue weighted by Crippen LogP contribution is 2.28. The third kappa shape index (κ3) is 2.67. The summed E-state index contributed by atoms with van der Waals surface area (Å²) in [5.41, 5.74) is 6.86. The Morgan fingerprint density at radius 2 is 1.89 bits per heavy atom. The minimum absolute atomic E-state index is 0.232. The van der Waals surface area contributed by atoms with Crippen LogP contribution in [-0.4, -0.2) is 12.9 Å². The molecule has 0 saturated carbocycles. The van der Waals surface area contributed by atoms with Crippen LogP contribution in [0.15, 0.2) is 36.4 Å². The Bertz CT molecular complexity index is 641. The Hall–Kier alpha value is -1.71. The van der Waals surface area contributed by atoms with Gasteiger partial charge in [-0.2, -0.15) is 0 Å². The number of para-hydroxylation sites is 1. The van der Waals surface area contributed by atoms with E-state index in [-0.39, 0.29) is 11.5 Å². The lowest BCUT2D eigenvalue weighted by Gasteiger charge is -2.08. The Morgan fingerprint density at radius 1 is 1.16 bits per heavy atom. The van der Waals surface area contributed by atoms with E-state index < -0.39 is 0 Å². The van der Waals surface area contributed by atoms with Crippen LogP contribution in [0, 0.1) is 0 Å². The molecule has 2 N–H and O–H groups in total. The van der Waals surface area contributed by atoms with Gasteiger partial charge in [0.1, 0.15) is 5.75 Å². The second-order valence-electron chi connectivity index (χ2n) is 3.88. The summed E-state index contributed by atoms with van der Waals surface area (Å²) < 4.78 is 5.04. The third-order valence-electron chi connectivity index (χ3n) is 2.71. The molecule has 0 atom stereocenters. The number of carbonyl (C=O) groups is 1. The lowest BCUT2D eigenvalue weighted by atomic mass is 10.0. The molecule has 0 heterocycles. The zero-order valence-electron chi connectivity index (χ0n) is 10.1. The molecule has 0 saturated heterocycles. The number of carbonyl (C=O) groups excluding carboxylic acids is 1. The second-order valence-corrected chi connectivity index (χ2v) is 4.69. The predicted molar refractivity (Wildman–Crippen MR) is 77.3 cm³/mol. The lowest BCUT2D eigenvalue weighted by Crippen LogP contribution is -2.06. The van der Waals surface area contributed by atoms with Crippen LogP contribution in [0.2, 0.25) is 10.0 Å². The number of nitrogens with two attached hydrogens (primary N) is 1. The summed E-state index contributed by atoms with van der Waals surface area (Å²) >= 11 is 11.9. The number of ketones is 1. The van der Waals surface area contributed by atoms with Crippen LogP contribution in [-0.2, 0) is 0 Å². The van der Waals surface area contributed by atoms with Crippen molar-refractivity contribution in [3.8, 4) is 5.75 Å². The fraction of sp³-hybridized carbons (Fsp3) is 0.0714. The van der Waals surface area contributed by atoms with Gasteiger partial charge in [-0.25, -0.2) is 0 Å². The molecule has 98 valence electrons. The number of hydrogen-bond acceptors (Lipinski definition) is 3. The van der Waals surface area contributed by atoms with E-state index in [1.807, 2.05) is 0 Å². The number of nitrogen functional groups attached to an aromatic ring is 1. The first-order chi connectivity index (χ1) is 9.04. The monoisotopic (exact) mass is 295 g/mol. The van der Waals surface area contributed by atoms with Crippen LogP contribution in [0.1, 0.15) is 15.9 Å². The van der Waals surface area contributed by atoms with E-state index in [0.29, 0.717) is 26.9 Å². The Labute approximate surface area is 120 Å². The molecule has 0 radical (unpaired) electrons. The number of methoxy groups -OCH3 is 1. The van der Waals surface area contributed by atoms with Gasteiger partial charge in [-0.1, -0.05) is 29.3 Å². The normalized spacial score (nSPS) is 10.3. The third-order valence-corrected chi connectivity index (χ3v) is 3.34. The Balaban J connectivity index is 2.44. The van der Waals surface area contributed by atoms with E-state index in [1.165, 1.54) is 7.11 Å². The van der Waals surface area contributed by atoms with Gasteiger partial charge in [0, 0.05) is 11.1 Å². The highest BCUT2D eigenvalue weighted by molar-refractivity contribution is 6.34. The summed E-state index contributed by atoms with van der Waals surface area (Å²) in [5, 5.41) is 0.722. The van der Waals surface area contributed by atoms with E-state index in [1.54, 1.807) is 36.4 Å². The summed E-state index contributed by atoms with van der Waals surface area (Å²) in [4.78, 5) is 12.3. The molecule has 19 heavy (non-hydrogen) atoms. The molecule has 0 bridgehead atoms. The standard InChI is InChI=1S/C14H11Cl2NO2/c1-19-12-6-5-8(7-11(12)16)14(18)9-3-2-4-10(15)13(9)17/h2-7H,17H2,1H3. The topological polar surface area (TPSA) is 52.3 Å². The van der Waals surface area contributed by atoms with E-state index >= 15 is 0 Å². The molecule has 0 amide bonds. The molecule has 2 aromatic rings. The van der Waals surface area contributed by atoms with Gasteiger partial charge < -0.3 is 10.5 Å². The first-order valence-corrected chi connectivity index (χ1v) is 6.22. The van der Waals surface area contributed by atoms with Gasteiger partial charge in [0.2, 0.25) is 0 Å². The summed E-state index contributed by atoms with van der Waals surface area (Å²) in [6, 6.07) is 9.75. The maximum atomic E-state index is 12.3. The average Bonchev–Trinajstić information content (AvgIpc) is 2.41. The SMILES string of the molecule is COc1ccc(C(=O)c2cccc(Cl)c2N)cc1Cl. The number of benzene rings is 2. The average molecular weight is 296 g/mol. The molecule has 0 unspecified atom stereocenters. The summed E-state index contributed by atoms with van der Waals surface area (Å²) in [5.74, 6) is 0.279. The first kappa shape index (κ1) is 13.7. The van der Waals surface area contributed by atoms with Gasteiger partial charge in [-0.05, 0) is 30.3 Å². The minimum Gasteiger partial charge on any atom is -0.495 e. The van der Waals surface area contributed by atoms with Crippen molar-refractivity contribution in [1.29, 1.82) is 0 Å². The largest absolute Gasteiger partial charge is 0.495 e. The smallest absolute Gasteiger partial charge is 0.195 e. The summed E-state index contributed by atoms with van der Waals surface area (Å²) in [6.07, 6.45) is 0. The molecule has 5 heteroatoms. The molecule has 0 aliphatic rings. The van der Waals surface area contributed by atoms with Gasteiger partial charge in [0.15, 0.2) is 5.78 Å². The fourth-order valence-corrected chi connectivity index (χ4v) is 2.13. The van der Waals surface area contributed by atoms with Crippen molar-refractivity contribution in [3.05, 3.63) is 57.6 Å². The van der Waals surface area contributed by atoms with Crippen molar-refractivity contribution in [1.82, 2.24) is 0 Å². The molecule has 0 aliphatic heterocycles. The van der Waals surface area contributed by atoms with Crippen molar-refractivity contribution in [2.45, 2.75) is 0 Å². The number of rotatable bonds is 3. The second kappa shape index (κ2) is 5.51. The minimum atomic E-state index is -0.232. The Kier molecular flexibility index (Phi) is 3.98. The highest BCUT2D eigenvalue weighted by Gasteiger charge is 2.15. The van der Waals surface area contributed by atoms with Crippen LogP contribution in [0.25, 0.3) is 0 Å². The highest BCUT2D eigenvalue weighted by atomic mass is 35.5. The van der Waals surface area contributed by atoms with E-state index in [0.717, 1.165) is 0 Å². The molecule has 0 aromatic heterocycles. The number of hydrogen-bond donors (Lipinski definition) is 1. The van der Waals surface area contributed by atoms with Gasteiger partial charge in [0.25, 0.3) is 0 Å². The molecule has 0 aliphatic carbocycles. The summed E-state index contributed by atoms with van der Waals surface area (Å²) in [6.45, 7) is 0. The van der Waals surface area contributed by atoms with Crippen molar-refractivity contribution in [2.24, 2.45) is 0 Å². The quantitative estimate of drug-likeness (QED) is 0.692. The number of halogens is 2. The van der Waals surface area contributed by atoms with Crippen LogP contribution in [0.5, 0.6) is 5.75 Å². The first-order valence-electron chi connectivity index (χ1n) is 5.47. The van der Waals surface area contributed by atoms with Crippen molar-refractivity contribution >= 4 is 34.7 Å². The maximum absolute atomic E-state index is 12.3. The van der Waals surface area contributed by atoms with E-state index in [2.05, 4.69) is 0 Å². The van der Waals surface area contributed by atoms with Crippen molar-refractivity contribution in [3.63, 3.8) is 0 Å². The molecule has 0 fully saturated rings. The van der Waals surface area contributed by atoms with Gasteiger partial charge in [0.05, 0.1) is 22.8 Å². The molecular weight excluding hydrogens is 285 g/mol. The summed E-state index contributed by atoms with van der Waals surface area (Å²) in [7, 11) is 1.51. The number of anilines is 1. The van der Waals surface area contributed by atoms with E-state index in [4.69, 9.17) is 33.7 Å². The fourth-order valence-electron chi connectivity index (χ4n) is 1.70. The van der Waals surface area contributed by atoms with Crippen LogP contribution in [0.3, 0.4) is 0 Å². The Morgan fingerprint density at radius 3 is 2.53 bits per heavy atom. The van der Waals surface area contributed by atoms with Gasteiger partial charge in [-0.15, -0.1) is 0 Å². The van der Waals surface area contributed by atoms with Crippen LogP contribution < -0.4 is 10.5 Å². The maximum Gasteiger partial charge on any atom is 0.195 e. The van der Waals surface area contributed by atoms with Crippen LogP contribution >= 0.6 is 23.2 Å².